The number of hydrogen-bond donors (Lipinski definition) is 2. The third kappa shape index (κ3) is 3.28. The van der Waals surface area contributed by atoms with Crippen LogP contribution in [-0.2, 0) is 0 Å². The molecule has 0 aromatic heterocycles. The number of nitrogens with one attached hydrogen (secondary N) is 1. The summed E-state index contributed by atoms with van der Waals surface area (Å²) >= 11 is 0. The van der Waals surface area contributed by atoms with E-state index in [4.69, 9.17) is 5.73 Å². The van der Waals surface area contributed by atoms with Gasteiger partial charge in [-0.1, -0.05) is 0 Å². The summed E-state index contributed by atoms with van der Waals surface area (Å²) in [7, 11) is 0. The van der Waals surface area contributed by atoms with Crippen LogP contribution in [0.1, 0.15) is 17.3 Å². The molecule has 0 saturated carbocycles. The first-order chi connectivity index (χ1) is 7.02. The number of amides is 1. The number of hydrogen-bond acceptors (Lipinski definition) is 2. The van der Waals surface area contributed by atoms with E-state index in [9.17, 15) is 13.6 Å². The summed E-state index contributed by atoms with van der Waals surface area (Å²) in [6, 6.07) is 2.43. The van der Waals surface area contributed by atoms with Crippen molar-refractivity contribution in [2.45, 2.75) is 13.0 Å². The monoisotopic (exact) mass is 214 g/mol. The maximum atomic E-state index is 12.8. The highest BCUT2D eigenvalue weighted by Gasteiger charge is 2.10. The van der Waals surface area contributed by atoms with Crippen molar-refractivity contribution in [2.24, 2.45) is 5.73 Å². The topological polar surface area (TPSA) is 55.1 Å². The maximum absolute atomic E-state index is 12.8. The zero-order valence-corrected chi connectivity index (χ0v) is 8.26. The van der Waals surface area contributed by atoms with Gasteiger partial charge in [0.05, 0.1) is 0 Å². The molecule has 1 rings (SSSR count). The lowest BCUT2D eigenvalue weighted by Crippen LogP contribution is -2.37. The Morgan fingerprint density at radius 2 is 1.93 bits per heavy atom. The quantitative estimate of drug-likeness (QED) is 0.790. The van der Waals surface area contributed by atoms with Crippen molar-refractivity contribution >= 4 is 5.91 Å². The fourth-order valence-electron chi connectivity index (χ4n) is 1.05. The van der Waals surface area contributed by atoms with Crippen LogP contribution in [0.25, 0.3) is 0 Å². The van der Waals surface area contributed by atoms with E-state index in [0.717, 1.165) is 12.1 Å². The molecular formula is C10H12F2N2O. The first-order valence-electron chi connectivity index (χ1n) is 4.50. The lowest BCUT2D eigenvalue weighted by molar-refractivity contribution is 0.0940. The predicted molar refractivity (Wildman–Crippen MR) is 52.3 cm³/mol. The number of halogens is 2. The third-order valence-corrected chi connectivity index (χ3v) is 1.86. The first kappa shape index (κ1) is 11.6. The molecule has 15 heavy (non-hydrogen) atoms. The first-order valence-corrected chi connectivity index (χ1v) is 4.50. The Morgan fingerprint density at radius 1 is 1.40 bits per heavy atom. The molecule has 0 fully saturated rings. The van der Waals surface area contributed by atoms with Crippen LogP contribution in [0, 0.1) is 11.6 Å². The van der Waals surface area contributed by atoms with Crippen LogP contribution in [0.4, 0.5) is 8.78 Å². The molecule has 0 unspecified atom stereocenters. The van der Waals surface area contributed by atoms with Crippen molar-refractivity contribution in [2.75, 3.05) is 6.54 Å². The van der Waals surface area contributed by atoms with E-state index in [1.54, 1.807) is 6.92 Å². The van der Waals surface area contributed by atoms with Crippen molar-refractivity contribution < 1.29 is 13.6 Å². The van der Waals surface area contributed by atoms with Crippen LogP contribution in [0.5, 0.6) is 0 Å². The molecule has 0 spiro atoms. The molecule has 5 heteroatoms. The highest BCUT2D eigenvalue weighted by atomic mass is 19.1. The molecule has 1 atom stereocenters. The molecule has 82 valence electrons. The standard InChI is InChI=1S/C10H12F2N2O/c1-6(5-13)14-10(15)7-2-8(11)4-9(12)3-7/h2-4,6H,5,13H2,1H3,(H,14,15)/t6-/m1/s1. The molecule has 3 nitrogen and oxygen atoms in total. The molecular weight excluding hydrogens is 202 g/mol. The van der Waals surface area contributed by atoms with E-state index >= 15 is 0 Å². The van der Waals surface area contributed by atoms with Crippen LogP contribution >= 0.6 is 0 Å². The van der Waals surface area contributed by atoms with Crippen molar-refractivity contribution in [3.8, 4) is 0 Å². The molecule has 1 amide bonds. The smallest absolute Gasteiger partial charge is 0.251 e. The number of carbonyl (C=O) groups excluding carboxylic acids is 1. The van der Waals surface area contributed by atoms with Gasteiger partial charge in [-0.25, -0.2) is 8.78 Å². The van der Waals surface area contributed by atoms with Crippen molar-refractivity contribution in [3.05, 3.63) is 35.4 Å². The molecule has 0 heterocycles. The van der Waals surface area contributed by atoms with Gasteiger partial charge in [-0.05, 0) is 19.1 Å². The largest absolute Gasteiger partial charge is 0.348 e. The van der Waals surface area contributed by atoms with E-state index in [1.807, 2.05) is 0 Å². The molecule has 0 aliphatic carbocycles. The minimum Gasteiger partial charge on any atom is -0.348 e. The normalized spacial score (nSPS) is 12.3. The molecule has 0 saturated heterocycles. The Morgan fingerprint density at radius 3 is 2.40 bits per heavy atom. The van der Waals surface area contributed by atoms with Gasteiger partial charge >= 0.3 is 0 Å². The lowest BCUT2D eigenvalue weighted by Gasteiger charge is -2.11. The van der Waals surface area contributed by atoms with Gasteiger partial charge in [0.1, 0.15) is 11.6 Å². The van der Waals surface area contributed by atoms with Gasteiger partial charge < -0.3 is 11.1 Å². The number of benzene rings is 1. The van der Waals surface area contributed by atoms with E-state index in [1.165, 1.54) is 0 Å². The Labute approximate surface area is 86.3 Å². The highest BCUT2D eigenvalue weighted by Crippen LogP contribution is 2.07. The Kier molecular flexibility index (Phi) is 3.74. The van der Waals surface area contributed by atoms with Gasteiger partial charge in [0.25, 0.3) is 5.91 Å². The predicted octanol–water partition coefficient (Wildman–Crippen LogP) is 1.04. The zero-order chi connectivity index (χ0) is 11.4. The molecule has 0 aliphatic rings. The third-order valence-electron chi connectivity index (χ3n) is 1.86. The summed E-state index contributed by atoms with van der Waals surface area (Å²) in [6.07, 6.45) is 0. The van der Waals surface area contributed by atoms with Crippen LogP contribution in [-0.4, -0.2) is 18.5 Å². The fraction of sp³-hybridized carbons (Fsp3) is 0.300. The molecule has 3 N–H and O–H groups in total. The minimum atomic E-state index is -0.777. The lowest BCUT2D eigenvalue weighted by atomic mass is 10.2. The summed E-state index contributed by atoms with van der Waals surface area (Å²) < 4.78 is 25.5. The molecule has 0 aliphatic heterocycles. The van der Waals surface area contributed by atoms with Gasteiger partial charge in [0, 0.05) is 24.2 Å². The summed E-state index contributed by atoms with van der Waals surface area (Å²) in [4.78, 5) is 11.4. The van der Waals surface area contributed by atoms with E-state index < -0.39 is 17.5 Å². The Balaban J connectivity index is 2.82. The molecule has 0 radical (unpaired) electrons. The summed E-state index contributed by atoms with van der Waals surface area (Å²) in [5, 5.41) is 2.50. The highest BCUT2D eigenvalue weighted by molar-refractivity contribution is 5.94. The average molecular weight is 214 g/mol. The Hall–Kier alpha value is -1.49. The second-order valence-electron chi connectivity index (χ2n) is 3.27. The van der Waals surface area contributed by atoms with Gasteiger partial charge in [0.2, 0.25) is 0 Å². The summed E-state index contributed by atoms with van der Waals surface area (Å²) in [5.74, 6) is -2.09. The van der Waals surface area contributed by atoms with Crippen LogP contribution in [0.2, 0.25) is 0 Å². The second-order valence-corrected chi connectivity index (χ2v) is 3.27. The maximum Gasteiger partial charge on any atom is 0.251 e. The second kappa shape index (κ2) is 4.84. The minimum absolute atomic E-state index is 0.0483. The average Bonchev–Trinajstić information content (AvgIpc) is 2.16. The van der Waals surface area contributed by atoms with Crippen molar-refractivity contribution in [1.82, 2.24) is 5.32 Å². The van der Waals surface area contributed by atoms with Gasteiger partial charge in [-0.3, -0.25) is 4.79 Å². The van der Waals surface area contributed by atoms with Crippen LogP contribution < -0.4 is 11.1 Å². The van der Waals surface area contributed by atoms with Gasteiger partial charge in [-0.15, -0.1) is 0 Å². The Bertz CT molecular complexity index is 348. The molecule has 1 aromatic carbocycles. The summed E-state index contributed by atoms with van der Waals surface area (Å²) in [5.41, 5.74) is 5.25. The number of nitrogens with two attached hydrogens (primary N) is 1. The molecule has 0 bridgehead atoms. The van der Waals surface area contributed by atoms with Gasteiger partial charge in [-0.2, -0.15) is 0 Å². The number of carbonyl (C=O) groups is 1. The van der Waals surface area contributed by atoms with E-state index in [2.05, 4.69) is 5.32 Å². The number of rotatable bonds is 3. The van der Waals surface area contributed by atoms with Crippen LogP contribution in [0.15, 0.2) is 18.2 Å². The van der Waals surface area contributed by atoms with Crippen molar-refractivity contribution in [1.29, 1.82) is 0 Å². The zero-order valence-electron chi connectivity index (χ0n) is 8.26. The fourth-order valence-corrected chi connectivity index (χ4v) is 1.05. The summed E-state index contributed by atoms with van der Waals surface area (Å²) in [6.45, 7) is 1.97. The van der Waals surface area contributed by atoms with Crippen molar-refractivity contribution in [3.63, 3.8) is 0 Å². The molecule has 1 aromatic rings. The van der Waals surface area contributed by atoms with E-state index in [-0.39, 0.29) is 18.2 Å². The van der Waals surface area contributed by atoms with Gasteiger partial charge in [0.15, 0.2) is 0 Å². The van der Waals surface area contributed by atoms with Crippen LogP contribution in [0.3, 0.4) is 0 Å². The van der Waals surface area contributed by atoms with E-state index in [0.29, 0.717) is 6.07 Å². The SMILES string of the molecule is C[C@H](CN)NC(=O)c1cc(F)cc(F)c1.